The minimum Gasteiger partial charge on any atom is -0.350 e. The number of pyridine rings is 2. The molecular weight excluding hydrogens is 410 g/mol. The van der Waals surface area contributed by atoms with Crippen LogP contribution in [-0.4, -0.2) is 37.0 Å². The van der Waals surface area contributed by atoms with Gasteiger partial charge in [-0.2, -0.15) is 0 Å². The molecule has 1 aliphatic rings. The predicted molar refractivity (Wildman–Crippen MR) is 123 cm³/mol. The molecule has 4 aromatic rings. The normalized spacial score (nSPS) is 18.5. The van der Waals surface area contributed by atoms with E-state index in [0.717, 1.165) is 53.4 Å². The van der Waals surface area contributed by atoms with Crippen LogP contribution >= 0.6 is 0 Å². The Morgan fingerprint density at radius 3 is 2.66 bits per heavy atom. The maximum absolute atomic E-state index is 12.6. The van der Waals surface area contributed by atoms with Crippen molar-refractivity contribution in [3.05, 3.63) is 49.1 Å². The van der Waals surface area contributed by atoms with E-state index in [4.69, 9.17) is 0 Å². The smallest absolute Gasteiger partial charge is 0.241 e. The summed E-state index contributed by atoms with van der Waals surface area (Å²) in [4.78, 5) is 13.2. The molecule has 0 amide bonds. The van der Waals surface area contributed by atoms with E-state index >= 15 is 0 Å². The van der Waals surface area contributed by atoms with Crippen molar-refractivity contribution in [3.63, 3.8) is 0 Å². The summed E-state index contributed by atoms with van der Waals surface area (Å²) in [5.74, 6) is 0.687. The highest BCUT2D eigenvalue weighted by molar-refractivity contribution is 5.86. The standard InChI is InChI=1S/C22H22F2N6.C2H6/c23-20(24)10-14-3-5-17(6-4-14)28-22-27-13-19-18(7-9-30(19)29-22)16-11-15-2-1-8-25-21(15)26-12-16;1-2/h1-2,7-9,11-14,17,20H,3-6,10H2,(H,28,29);1-2H3. The molecule has 32 heavy (non-hydrogen) atoms. The van der Waals surface area contributed by atoms with Gasteiger partial charge in [-0.25, -0.2) is 28.2 Å². The summed E-state index contributed by atoms with van der Waals surface area (Å²) in [6, 6.07) is 8.18. The Balaban J connectivity index is 0.00000119. The maximum Gasteiger partial charge on any atom is 0.241 e. The van der Waals surface area contributed by atoms with Gasteiger partial charge in [0, 0.05) is 47.6 Å². The summed E-state index contributed by atoms with van der Waals surface area (Å²) in [7, 11) is 0. The second-order valence-electron chi connectivity index (χ2n) is 7.90. The third-order valence-corrected chi connectivity index (χ3v) is 5.87. The second-order valence-corrected chi connectivity index (χ2v) is 7.90. The molecule has 1 saturated carbocycles. The number of nitrogens with zero attached hydrogens (tertiary/aromatic N) is 5. The highest BCUT2D eigenvalue weighted by Crippen LogP contribution is 2.30. The Kier molecular flexibility index (Phi) is 6.87. The number of hydrogen-bond donors (Lipinski definition) is 1. The largest absolute Gasteiger partial charge is 0.350 e. The van der Waals surface area contributed by atoms with E-state index in [2.05, 4.69) is 31.4 Å². The van der Waals surface area contributed by atoms with Crippen LogP contribution in [0.25, 0.3) is 27.7 Å². The first-order valence-corrected chi connectivity index (χ1v) is 11.3. The van der Waals surface area contributed by atoms with Crippen LogP contribution in [0.15, 0.2) is 49.1 Å². The third-order valence-electron chi connectivity index (χ3n) is 5.87. The monoisotopic (exact) mass is 438 g/mol. The second kappa shape index (κ2) is 9.97. The van der Waals surface area contributed by atoms with Gasteiger partial charge >= 0.3 is 0 Å². The van der Waals surface area contributed by atoms with Crippen molar-refractivity contribution >= 4 is 22.5 Å². The molecular formula is C24H28F2N6. The number of halogens is 2. The van der Waals surface area contributed by atoms with Gasteiger partial charge in [-0.15, -0.1) is 5.10 Å². The Morgan fingerprint density at radius 1 is 1.06 bits per heavy atom. The van der Waals surface area contributed by atoms with Crippen LogP contribution in [0.2, 0.25) is 0 Å². The van der Waals surface area contributed by atoms with Crippen LogP contribution in [-0.2, 0) is 0 Å². The van der Waals surface area contributed by atoms with E-state index in [-0.39, 0.29) is 18.4 Å². The predicted octanol–water partition coefficient (Wildman–Crippen LogP) is 5.99. The summed E-state index contributed by atoms with van der Waals surface area (Å²) < 4.78 is 26.9. The number of nitrogens with one attached hydrogen (secondary N) is 1. The number of alkyl halides is 2. The van der Waals surface area contributed by atoms with Crippen LogP contribution < -0.4 is 5.32 Å². The molecule has 1 N–H and O–H groups in total. The number of anilines is 1. The lowest BCUT2D eigenvalue weighted by atomic mass is 9.84. The van der Waals surface area contributed by atoms with Crippen molar-refractivity contribution in [3.8, 4) is 11.1 Å². The van der Waals surface area contributed by atoms with Gasteiger partial charge in [-0.3, -0.25) is 0 Å². The lowest BCUT2D eigenvalue weighted by Crippen LogP contribution is -2.28. The van der Waals surface area contributed by atoms with E-state index in [9.17, 15) is 8.78 Å². The SMILES string of the molecule is CC.FC(F)CC1CCC(Nc2ncc3c(-c4cnc5ncccc5c4)ccn3n2)CC1. The molecule has 0 bridgehead atoms. The summed E-state index contributed by atoms with van der Waals surface area (Å²) in [5.41, 5.74) is 3.61. The van der Waals surface area contributed by atoms with Gasteiger partial charge < -0.3 is 5.32 Å². The van der Waals surface area contributed by atoms with Gasteiger partial charge in [0.05, 0.1) is 11.7 Å². The summed E-state index contributed by atoms with van der Waals surface area (Å²) in [6.07, 6.45) is 8.45. The first kappa shape index (κ1) is 22.0. The molecule has 5 rings (SSSR count). The van der Waals surface area contributed by atoms with Crippen LogP contribution in [0.1, 0.15) is 46.0 Å². The number of rotatable bonds is 5. The van der Waals surface area contributed by atoms with Crippen LogP contribution in [0.5, 0.6) is 0 Å². The molecule has 1 aliphatic carbocycles. The molecule has 4 heterocycles. The molecule has 0 radical (unpaired) electrons. The molecule has 0 aliphatic heterocycles. The average Bonchev–Trinajstić information content (AvgIpc) is 3.24. The first-order valence-electron chi connectivity index (χ1n) is 11.3. The quantitative estimate of drug-likeness (QED) is 0.414. The van der Waals surface area contributed by atoms with E-state index in [1.54, 1.807) is 16.9 Å². The number of hydrogen-bond acceptors (Lipinski definition) is 5. The van der Waals surface area contributed by atoms with E-state index in [1.807, 2.05) is 44.4 Å². The molecule has 8 heteroatoms. The Bertz CT molecular complexity index is 1170. The summed E-state index contributed by atoms with van der Waals surface area (Å²) in [6.45, 7) is 4.00. The lowest BCUT2D eigenvalue weighted by Gasteiger charge is -2.28. The van der Waals surface area contributed by atoms with E-state index in [0.29, 0.717) is 5.95 Å². The van der Waals surface area contributed by atoms with Crippen LogP contribution in [0.4, 0.5) is 14.7 Å². The minimum absolute atomic E-state index is 0.0149. The molecule has 0 unspecified atom stereocenters. The molecule has 6 nitrogen and oxygen atoms in total. The fraction of sp³-hybridized carbons (Fsp3) is 0.417. The molecule has 0 spiro atoms. The van der Waals surface area contributed by atoms with Crippen molar-refractivity contribution < 1.29 is 8.78 Å². The first-order chi connectivity index (χ1) is 15.7. The van der Waals surface area contributed by atoms with Gasteiger partial charge in [0.15, 0.2) is 5.65 Å². The molecule has 0 saturated heterocycles. The zero-order valence-corrected chi connectivity index (χ0v) is 18.4. The fourth-order valence-electron chi connectivity index (χ4n) is 4.30. The molecule has 0 atom stereocenters. The van der Waals surface area contributed by atoms with Crippen molar-refractivity contribution in [2.24, 2.45) is 5.92 Å². The zero-order valence-electron chi connectivity index (χ0n) is 18.4. The Morgan fingerprint density at radius 2 is 1.88 bits per heavy atom. The van der Waals surface area contributed by atoms with Crippen LogP contribution in [0.3, 0.4) is 0 Å². The lowest BCUT2D eigenvalue weighted by molar-refractivity contribution is 0.103. The Hall–Kier alpha value is -3.16. The minimum atomic E-state index is -2.21. The van der Waals surface area contributed by atoms with Gasteiger partial charge in [-0.05, 0) is 55.9 Å². The van der Waals surface area contributed by atoms with E-state index in [1.165, 1.54) is 0 Å². The number of fused-ring (bicyclic) bond motifs is 2. The van der Waals surface area contributed by atoms with Gasteiger partial charge in [0.25, 0.3) is 0 Å². The maximum atomic E-state index is 12.6. The molecule has 4 aromatic heterocycles. The molecule has 168 valence electrons. The average molecular weight is 439 g/mol. The topological polar surface area (TPSA) is 68.0 Å². The fourth-order valence-corrected chi connectivity index (χ4v) is 4.30. The van der Waals surface area contributed by atoms with Crippen molar-refractivity contribution in [1.82, 2.24) is 24.6 Å². The van der Waals surface area contributed by atoms with Crippen molar-refractivity contribution in [1.29, 1.82) is 0 Å². The van der Waals surface area contributed by atoms with Gasteiger partial charge in [0.2, 0.25) is 12.4 Å². The summed E-state index contributed by atoms with van der Waals surface area (Å²) in [5, 5.41) is 8.94. The molecule has 1 fully saturated rings. The highest BCUT2D eigenvalue weighted by Gasteiger charge is 2.24. The van der Waals surface area contributed by atoms with Crippen molar-refractivity contribution in [2.75, 3.05) is 5.32 Å². The number of aromatic nitrogens is 5. The summed E-state index contributed by atoms with van der Waals surface area (Å²) >= 11 is 0. The van der Waals surface area contributed by atoms with Gasteiger partial charge in [-0.1, -0.05) is 13.8 Å². The highest BCUT2D eigenvalue weighted by atomic mass is 19.3. The van der Waals surface area contributed by atoms with Crippen LogP contribution in [0, 0.1) is 5.92 Å². The van der Waals surface area contributed by atoms with Crippen molar-refractivity contribution in [2.45, 2.75) is 58.4 Å². The molecule has 0 aromatic carbocycles. The third kappa shape index (κ3) is 4.84. The zero-order chi connectivity index (χ0) is 22.5. The van der Waals surface area contributed by atoms with Gasteiger partial charge in [0.1, 0.15) is 0 Å². The Labute approximate surface area is 186 Å². The van der Waals surface area contributed by atoms with E-state index < -0.39 is 6.43 Å².